The Morgan fingerprint density at radius 1 is 1.27 bits per heavy atom. The van der Waals surface area contributed by atoms with E-state index in [-0.39, 0.29) is 5.92 Å². The van der Waals surface area contributed by atoms with Gasteiger partial charge in [0.25, 0.3) is 0 Å². The first kappa shape index (κ1) is 17.1. The Kier molecular flexibility index (Phi) is 4.09. The SMILES string of the molecule is CN1O[C@H]2NCC(C3CCCC4CCCC=C43)[C@@]2(O)c2cccc(Cl)c21. The van der Waals surface area contributed by atoms with E-state index >= 15 is 0 Å². The molecule has 1 aromatic carbocycles. The van der Waals surface area contributed by atoms with Crippen LogP contribution in [0.2, 0.25) is 5.02 Å². The van der Waals surface area contributed by atoms with Gasteiger partial charge in [0.05, 0.1) is 10.7 Å². The highest BCUT2D eigenvalue weighted by atomic mass is 35.5. The van der Waals surface area contributed by atoms with Crippen molar-refractivity contribution < 1.29 is 9.94 Å². The fraction of sp³-hybridized carbons (Fsp3) is 0.619. The van der Waals surface area contributed by atoms with Gasteiger partial charge >= 0.3 is 0 Å². The number of aliphatic hydroxyl groups is 1. The molecular formula is C21H27ClN2O2. The number of halogens is 1. The van der Waals surface area contributed by atoms with Crippen LogP contribution in [0.15, 0.2) is 29.8 Å². The summed E-state index contributed by atoms with van der Waals surface area (Å²) >= 11 is 6.47. The van der Waals surface area contributed by atoms with Crippen LogP contribution in [-0.4, -0.2) is 24.9 Å². The first-order chi connectivity index (χ1) is 12.6. The number of hydrogen-bond acceptors (Lipinski definition) is 4. The second-order valence-electron chi connectivity index (χ2n) is 8.33. The van der Waals surface area contributed by atoms with Crippen molar-refractivity contribution in [2.24, 2.45) is 17.8 Å². The minimum atomic E-state index is -1.04. The number of para-hydroxylation sites is 1. The van der Waals surface area contributed by atoms with E-state index < -0.39 is 11.8 Å². The van der Waals surface area contributed by atoms with E-state index in [1.165, 1.54) is 32.1 Å². The van der Waals surface area contributed by atoms with Crippen LogP contribution in [0.25, 0.3) is 0 Å². The number of hydroxylamine groups is 1. The van der Waals surface area contributed by atoms with Gasteiger partial charge in [-0.1, -0.05) is 41.8 Å². The lowest BCUT2D eigenvalue weighted by atomic mass is 9.63. The molecule has 0 radical (unpaired) electrons. The Balaban J connectivity index is 1.59. The van der Waals surface area contributed by atoms with Crippen molar-refractivity contribution >= 4 is 17.3 Å². The average molecular weight is 375 g/mol. The highest BCUT2D eigenvalue weighted by Gasteiger charge is 2.59. The monoisotopic (exact) mass is 374 g/mol. The molecule has 2 N–H and O–H groups in total. The standard InChI is InChI=1S/C21H27ClN2O2/c1-24-19-16(10-5-11-18(19)22)21(25)17(12-23-20(21)26-24)15-9-4-7-13-6-2-3-8-14(13)15/h5,8,10-11,13,15,17,20,23,25H,2-4,6-7,9,12H2,1H3/t13?,15?,17?,20-,21+/m1/s1. The molecule has 5 rings (SSSR count). The zero-order valence-electron chi connectivity index (χ0n) is 15.2. The van der Waals surface area contributed by atoms with Gasteiger partial charge in [0, 0.05) is 25.1 Å². The largest absolute Gasteiger partial charge is 0.380 e. The fourth-order valence-corrected chi connectivity index (χ4v) is 6.23. The molecule has 2 heterocycles. The Hall–Kier alpha value is -1.07. The molecule has 3 unspecified atom stereocenters. The molecule has 140 valence electrons. The van der Waals surface area contributed by atoms with E-state index in [4.69, 9.17) is 16.4 Å². The number of nitrogens with one attached hydrogen (secondary N) is 1. The maximum absolute atomic E-state index is 12.0. The number of fused-ring (bicyclic) bond motifs is 4. The molecule has 26 heavy (non-hydrogen) atoms. The van der Waals surface area contributed by atoms with Crippen LogP contribution in [0, 0.1) is 17.8 Å². The summed E-state index contributed by atoms with van der Waals surface area (Å²) < 4.78 is 0. The van der Waals surface area contributed by atoms with Crippen molar-refractivity contribution in [3.63, 3.8) is 0 Å². The van der Waals surface area contributed by atoms with E-state index in [0.29, 0.717) is 10.9 Å². The van der Waals surface area contributed by atoms with Crippen molar-refractivity contribution in [1.29, 1.82) is 0 Å². The highest BCUT2D eigenvalue weighted by molar-refractivity contribution is 6.33. The lowest BCUT2D eigenvalue weighted by molar-refractivity contribution is -0.147. The molecule has 1 saturated carbocycles. The van der Waals surface area contributed by atoms with Gasteiger partial charge in [0.1, 0.15) is 5.60 Å². The maximum Gasteiger partial charge on any atom is 0.169 e. The molecule has 0 amide bonds. The minimum absolute atomic E-state index is 0.116. The lowest BCUT2D eigenvalue weighted by Gasteiger charge is -2.47. The van der Waals surface area contributed by atoms with E-state index in [1.807, 2.05) is 25.2 Å². The molecule has 0 spiro atoms. The third kappa shape index (κ3) is 2.32. The van der Waals surface area contributed by atoms with E-state index in [1.54, 1.807) is 10.6 Å². The first-order valence-corrected chi connectivity index (χ1v) is 10.3. The third-order valence-corrected chi connectivity index (χ3v) is 7.38. The summed E-state index contributed by atoms with van der Waals surface area (Å²) in [5.41, 5.74) is 2.26. The van der Waals surface area contributed by atoms with Crippen LogP contribution in [0.4, 0.5) is 5.69 Å². The summed E-state index contributed by atoms with van der Waals surface area (Å²) in [5, 5.41) is 17.8. The molecule has 4 aliphatic rings. The van der Waals surface area contributed by atoms with Crippen molar-refractivity contribution in [3.8, 4) is 0 Å². The van der Waals surface area contributed by atoms with Gasteiger partial charge in [-0.15, -0.1) is 0 Å². The molecule has 5 atom stereocenters. The third-order valence-electron chi connectivity index (χ3n) is 7.07. The second-order valence-corrected chi connectivity index (χ2v) is 8.74. The van der Waals surface area contributed by atoms with Crippen LogP contribution in [0.5, 0.6) is 0 Å². The van der Waals surface area contributed by atoms with E-state index in [9.17, 15) is 5.11 Å². The molecule has 5 heteroatoms. The van der Waals surface area contributed by atoms with Gasteiger partial charge < -0.3 is 5.11 Å². The summed E-state index contributed by atoms with van der Waals surface area (Å²) in [7, 11) is 1.86. The molecular weight excluding hydrogens is 348 g/mol. The molecule has 2 aliphatic heterocycles. The molecule has 1 aromatic rings. The molecule has 0 bridgehead atoms. The number of anilines is 1. The number of nitrogens with zero attached hydrogens (tertiary/aromatic N) is 1. The summed E-state index contributed by atoms with van der Waals surface area (Å²) in [5.74, 6) is 1.26. The summed E-state index contributed by atoms with van der Waals surface area (Å²) in [6.45, 7) is 0.773. The van der Waals surface area contributed by atoms with E-state index in [2.05, 4.69) is 11.4 Å². The Morgan fingerprint density at radius 2 is 2.12 bits per heavy atom. The Labute approximate surface area is 160 Å². The Morgan fingerprint density at radius 3 is 3.00 bits per heavy atom. The van der Waals surface area contributed by atoms with E-state index in [0.717, 1.165) is 30.1 Å². The number of rotatable bonds is 1. The smallest absolute Gasteiger partial charge is 0.169 e. The molecule has 4 nitrogen and oxygen atoms in total. The van der Waals surface area contributed by atoms with Gasteiger partial charge in [-0.3, -0.25) is 15.2 Å². The van der Waals surface area contributed by atoms with Gasteiger partial charge in [-0.2, -0.15) is 0 Å². The predicted molar refractivity (Wildman–Crippen MR) is 103 cm³/mol. The van der Waals surface area contributed by atoms with Crippen molar-refractivity contribution in [2.45, 2.75) is 50.4 Å². The summed E-state index contributed by atoms with van der Waals surface area (Å²) in [6.07, 6.45) is 9.59. The van der Waals surface area contributed by atoms with Gasteiger partial charge in [-0.05, 0) is 50.0 Å². The lowest BCUT2D eigenvalue weighted by Crippen LogP contribution is -2.53. The van der Waals surface area contributed by atoms with Crippen LogP contribution < -0.4 is 10.4 Å². The van der Waals surface area contributed by atoms with Crippen LogP contribution in [0.1, 0.15) is 44.1 Å². The maximum atomic E-state index is 12.0. The molecule has 2 fully saturated rings. The predicted octanol–water partition coefficient (Wildman–Crippen LogP) is 3.98. The molecule has 2 aliphatic carbocycles. The average Bonchev–Trinajstić information content (AvgIpc) is 2.99. The summed E-state index contributed by atoms with van der Waals surface area (Å²) in [6, 6.07) is 5.82. The zero-order chi connectivity index (χ0) is 17.9. The fourth-order valence-electron chi connectivity index (χ4n) is 5.93. The molecule has 1 saturated heterocycles. The van der Waals surface area contributed by atoms with Gasteiger partial charge in [0.2, 0.25) is 0 Å². The quantitative estimate of drug-likeness (QED) is 0.730. The first-order valence-electron chi connectivity index (χ1n) is 9.96. The van der Waals surface area contributed by atoms with Crippen molar-refractivity contribution in [2.75, 3.05) is 18.7 Å². The minimum Gasteiger partial charge on any atom is -0.380 e. The normalized spacial score (nSPS) is 39.0. The van der Waals surface area contributed by atoms with Crippen molar-refractivity contribution in [1.82, 2.24) is 5.32 Å². The van der Waals surface area contributed by atoms with Crippen molar-refractivity contribution in [3.05, 3.63) is 40.4 Å². The number of allylic oxidation sites excluding steroid dienone is 2. The number of benzene rings is 1. The molecule has 0 aromatic heterocycles. The Bertz CT molecular complexity index is 752. The van der Waals surface area contributed by atoms with Gasteiger partial charge in [0.15, 0.2) is 6.23 Å². The topological polar surface area (TPSA) is 44.7 Å². The van der Waals surface area contributed by atoms with Crippen LogP contribution >= 0.6 is 11.6 Å². The highest BCUT2D eigenvalue weighted by Crippen LogP contribution is 2.54. The summed E-state index contributed by atoms with van der Waals surface area (Å²) in [4.78, 5) is 6.05. The van der Waals surface area contributed by atoms with Crippen LogP contribution in [0.3, 0.4) is 0 Å². The number of hydrogen-bond donors (Lipinski definition) is 2. The van der Waals surface area contributed by atoms with Gasteiger partial charge in [-0.25, -0.2) is 0 Å². The zero-order valence-corrected chi connectivity index (χ0v) is 16.0. The second kappa shape index (κ2) is 6.23. The van der Waals surface area contributed by atoms with Crippen LogP contribution in [-0.2, 0) is 10.4 Å².